The van der Waals surface area contributed by atoms with Gasteiger partial charge >= 0.3 is 0 Å². The zero-order chi connectivity index (χ0) is 11.6. The van der Waals surface area contributed by atoms with Crippen molar-refractivity contribution < 1.29 is 4.79 Å². The topological polar surface area (TPSA) is 17.1 Å². The number of ketones is 1. The van der Waals surface area contributed by atoms with Crippen molar-refractivity contribution in [1.82, 2.24) is 0 Å². The summed E-state index contributed by atoms with van der Waals surface area (Å²) in [4.78, 5) is 12.0. The summed E-state index contributed by atoms with van der Waals surface area (Å²) in [5.41, 5.74) is 2.31. The van der Waals surface area contributed by atoms with Crippen LogP contribution in [0.5, 0.6) is 0 Å². The maximum absolute atomic E-state index is 12.0. The number of carbonyl (C=O) groups is 1. The second-order valence-corrected chi connectivity index (χ2v) is 5.06. The number of hydrogen-bond acceptors (Lipinski definition) is 1. The fourth-order valence-corrected chi connectivity index (χ4v) is 2.87. The quantitative estimate of drug-likeness (QED) is 0.735. The minimum Gasteiger partial charge on any atom is -0.299 e. The van der Waals surface area contributed by atoms with Crippen molar-refractivity contribution in [3.63, 3.8) is 0 Å². The number of carbonyl (C=O) groups excluding carboxylic acids is 1. The molecule has 0 radical (unpaired) electrons. The van der Waals surface area contributed by atoms with Crippen LogP contribution in [0.2, 0.25) is 0 Å². The molecule has 0 N–H and O–H groups in total. The third kappa shape index (κ3) is 1.91. The fraction of sp³-hybridized carbons (Fsp3) is 0.533. The van der Waals surface area contributed by atoms with Gasteiger partial charge in [-0.25, -0.2) is 0 Å². The molecule has 1 aromatic carbocycles. The Hall–Kier alpha value is -1.11. The van der Waals surface area contributed by atoms with E-state index in [1.54, 1.807) is 6.92 Å². The second kappa shape index (κ2) is 4.40. The Morgan fingerprint density at radius 1 is 1.06 bits per heavy atom. The zero-order valence-corrected chi connectivity index (χ0v) is 10.3. The van der Waals surface area contributed by atoms with Crippen LogP contribution in [0.1, 0.15) is 50.2 Å². The van der Waals surface area contributed by atoms with Gasteiger partial charge in [0.25, 0.3) is 0 Å². The smallest absolute Gasteiger partial charge is 0.140 e. The minimum absolute atomic E-state index is 0.175. The van der Waals surface area contributed by atoms with Crippen molar-refractivity contribution in [3.8, 4) is 0 Å². The molecule has 0 unspecified atom stereocenters. The summed E-state index contributed by atoms with van der Waals surface area (Å²) < 4.78 is 0. The van der Waals surface area contributed by atoms with Gasteiger partial charge in [0.2, 0.25) is 0 Å². The summed E-state index contributed by atoms with van der Waals surface area (Å²) in [6.45, 7) is 3.84. The van der Waals surface area contributed by atoms with Gasteiger partial charge in [-0.05, 0) is 32.3 Å². The van der Waals surface area contributed by atoms with Crippen LogP contribution in [-0.2, 0) is 10.2 Å². The number of rotatable bonds is 2. The van der Waals surface area contributed by atoms with E-state index in [9.17, 15) is 4.79 Å². The van der Waals surface area contributed by atoms with Crippen LogP contribution in [0.4, 0.5) is 0 Å². The van der Waals surface area contributed by atoms with Gasteiger partial charge in [-0.2, -0.15) is 0 Å². The van der Waals surface area contributed by atoms with E-state index in [-0.39, 0.29) is 5.41 Å². The van der Waals surface area contributed by atoms with Gasteiger partial charge in [0, 0.05) is 0 Å². The summed E-state index contributed by atoms with van der Waals surface area (Å²) in [6, 6.07) is 8.52. The Bertz CT molecular complexity index is 369. The maximum Gasteiger partial charge on any atom is 0.140 e. The first kappa shape index (κ1) is 11.4. The monoisotopic (exact) mass is 216 g/mol. The van der Waals surface area contributed by atoms with E-state index in [4.69, 9.17) is 0 Å². The van der Waals surface area contributed by atoms with E-state index >= 15 is 0 Å². The third-order valence-electron chi connectivity index (χ3n) is 3.99. The summed E-state index contributed by atoms with van der Waals surface area (Å²) >= 11 is 0. The highest BCUT2D eigenvalue weighted by Crippen LogP contribution is 2.40. The highest BCUT2D eigenvalue weighted by molar-refractivity contribution is 5.88. The molecule has 0 aliphatic heterocycles. The molecule has 0 aromatic heterocycles. The van der Waals surface area contributed by atoms with Crippen molar-refractivity contribution >= 4 is 5.78 Å². The van der Waals surface area contributed by atoms with Crippen LogP contribution in [0.25, 0.3) is 0 Å². The molecule has 16 heavy (non-hydrogen) atoms. The van der Waals surface area contributed by atoms with Gasteiger partial charge in [0.15, 0.2) is 0 Å². The van der Waals surface area contributed by atoms with E-state index in [1.807, 2.05) is 0 Å². The molecule has 0 saturated heterocycles. The molecule has 1 nitrogen and oxygen atoms in total. The van der Waals surface area contributed by atoms with Crippen LogP contribution < -0.4 is 0 Å². The Morgan fingerprint density at radius 2 is 1.62 bits per heavy atom. The Labute approximate surface area is 97.9 Å². The highest BCUT2D eigenvalue weighted by Gasteiger charge is 2.37. The summed E-state index contributed by atoms with van der Waals surface area (Å²) in [5, 5.41) is 0. The maximum atomic E-state index is 12.0. The molecule has 1 saturated carbocycles. The molecule has 0 amide bonds. The van der Waals surface area contributed by atoms with Crippen LogP contribution in [0.3, 0.4) is 0 Å². The van der Waals surface area contributed by atoms with E-state index in [0.717, 1.165) is 12.8 Å². The summed E-state index contributed by atoms with van der Waals surface area (Å²) in [5.74, 6) is 0.344. The predicted octanol–water partition coefficient (Wildman–Crippen LogP) is 3.79. The lowest BCUT2D eigenvalue weighted by atomic mass is 9.67. The van der Waals surface area contributed by atoms with Crippen LogP contribution in [0.15, 0.2) is 24.3 Å². The van der Waals surface area contributed by atoms with Crippen molar-refractivity contribution in [2.24, 2.45) is 0 Å². The first-order chi connectivity index (χ1) is 7.65. The molecule has 1 heteroatoms. The molecule has 0 bridgehead atoms. The molecule has 0 heterocycles. The fourth-order valence-electron chi connectivity index (χ4n) is 2.87. The number of aryl methyl sites for hydroxylation is 1. The molecular formula is C15H20O. The second-order valence-electron chi connectivity index (χ2n) is 5.06. The van der Waals surface area contributed by atoms with Crippen molar-refractivity contribution in [3.05, 3.63) is 35.4 Å². The lowest BCUT2D eigenvalue weighted by Gasteiger charge is -2.35. The lowest BCUT2D eigenvalue weighted by Crippen LogP contribution is -2.36. The van der Waals surface area contributed by atoms with E-state index in [0.29, 0.717) is 5.78 Å². The molecule has 0 spiro atoms. The molecule has 86 valence electrons. The van der Waals surface area contributed by atoms with Gasteiger partial charge in [-0.15, -0.1) is 0 Å². The standard InChI is InChI=1S/C15H20O/c1-12-6-8-14(9-7-12)15(13(2)16)10-4-3-5-11-15/h6-9H,3-5,10-11H2,1-2H3. The third-order valence-corrected chi connectivity index (χ3v) is 3.99. The van der Waals surface area contributed by atoms with E-state index in [2.05, 4.69) is 31.2 Å². The average Bonchev–Trinajstić information content (AvgIpc) is 2.30. The van der Waals surface area contributed by atoms with Gasteiger partial charge < -0.3 is 0 Å². The summed E-state index contributed by atoms with van der Waals surface area (Å²) in [7, 11) is 0. The minimum atomic E-state index is -0.175. The predicted molar refractivity (Wildman–Crippen MR) is 66.6 cm³/mol. The van der Waals surface area contributed by atoms with Gasteiger partial charge in [-0.1, -0.05) is 49.1 Å². The van der Waals surface area contributed by atoms with Gasteiger partial charge in [0.1, 0.15) is 5.78 Å². The normalized spacial score (nSPS) is 19.4. The first-order valence-electron chi connectivity index (χ1n) is 6.23. The van der Waals surface area contributed by atoms with E-state index < -0.39 is 0 Å². The number of benzene rings is 1. The van der Waals surface area contributed by atoms with E-state index in [1.165, 1.54) is 30.4 Å². The Balaban J connectivity index is 2.38. The van der Waals surface area contributed by atoms with Crippen molar-refractivity contribution in [2.45, 2.75) is 51.4 Å². The van der Waals surface area contributed by atoms with Crippen LogP contribution in [-0.4, -0.2) is 5.78 Å². The van der Waals surface area contributed by atoms with Crippen molar-refractivity contribution in [1.29, 1.82) is 0 Å². The SMILES string of the molecule is CC(=O)C1(c2ccc(C)cc2)CCCCC1. The lowest BCUT2D eigenvalue weighted by molar-refractivity contribution is -0.123. The van der Waals surface area contributed by atoms with Crippen molar-refractivity contribution in [2.75, 3.05) is 0 Å². The molecule has 1 aliphatic rings. The molecule has 2 rings (SSSR count). The molecular weight excluding hydrogens is 196 g/mol. The Kier molecular flexibility index (Phi) is 3.13. The zero-order valence-electron chi connectivity index (χ0n) is 10.3. The number of hydrogen-bond donors (Lipinski definition) is 0. The first-order valence-corrected chi connectivity index (χ1v) is 6.23. The highest BCUT2D eigenvalue weighted by atomic mass is 16.1. The van der Waals surface area contributed by atoms with Gasteiger partial charge in [0.05, 0.1) is 5.41 Å². The molecule has 1 aromatic rings. The molecule has 1 aliphatic carbocycles. The largest absolute Gasteiger partial charge is 0.299 e. The number of Topliss-reactive ketones (excluding diaryl/α,β-unsaturated/α-hetero) is 1. The van der Waals surface area contributed by atoms with Crippen LogP contribution >= 0.6 is 0 Å². The molecule has 1 fully saturated rings. The molecule has 0 atom stereocenters. The summed E-state index contributed by atoms with van der Waals surface area (Å²) in [6.07, 6.45) is 5.72. The van der Waals surface area contributed by atoms with Gasteiger partial charge in [-0.3, -0.25) is 4.79 Å². The Morgan fingerprint density at radius 3 is 2.12 bits per heavy atom. The average molecular weight is 216 g/mol. The van der Waals surface area contributed by atoms with Crippen LogP contribution in [0, 0.1) is 6.92 Å².